The van der Waals surface area contributed by atoms with Crippen LogP contribution in [-0.4, -0.2) is 47.7 Å². The summed E-state index contributed by atoms with van der Waals surface area (Å²) in [5.74, 6) is -0.679. The van der Waals surface area contributed by atoms with Crippen molar-refractivity contribution in [3.63, 3.8) is 0 Å². The topological polar surface area (TPSA) is 101 Å². The van der Waals surface area contributed by atoms with Gasteiger partial charge in [0.15, 0.2) is 6.61 Å². The maximum atomic E-state index is 13.3. The standard InChI is InChI=1S/C19H21ClFN3O4S/c20-14-4-3-13(7-15(14)21)28-9-17(26)23-8-12(25)5-6-22-18(27)16-10-29-19(24-16)11-1-2-11/h3-4,7,10-12,25H,1-2,5-6,8-9H2,(H,22,27)(H,23,26). The Morgan fingerprint density at radius 3 is 2.90 bits per heavy atom. The van der Waals surface area contributed by atoms with E-state index in [0.29, 0.717) is 11.6 Å². The molecular formula is C19H21ClFN3O4S. The zero-order valence-electron chi connectivity index (χ0n) is 15.5. The quantitative estimate of drug-likeness (QED) is 0.526. The lowest BCUT2D eigenvalue weighted by Gasteiger charge is -2.13. The Balaban J connectivity index is 1.29. The first-order valence-corrected chi connectivity index (χ1v) is 10.4. The average Bonchev–Trinajstić information content (AvgIpc) is 3.43. The van der Waals surface area contributed by atoms with Crippen molar-refractivity contribution in [3.8, 4) is 5.75 Å². The third kappa shape index (κ3) is 6.66. The number of hydrogen-bond donors (Lipinski definition) is 3. The second-order valence-corrected chi connectivity index (χ2v) is 8.01. The highest BCUT2D eigenvalue weighted by Gasteiger charge is 2.27. The molecule has 3 N–H and O–H groups in total. The Morgan fingerprint density at radius 1 is 1.38 bits per heavy atom. The van der Waals surface area contributed by atoms with E-state index in [-0.39, 0.29) is 42.8 Å². The van der Waals surface area contributed by atoms with Crippen LogP contribution in [0, 0.1) is 5.82 Å². The number of aromatic nitrogens is 1. The summed E-state index contributed by atoms with van der Waals surface area (Å²) in [6.45, 7) is -0.0556. The van der Waals surface area contributed by atoms with Gasteiger partial charge >= 0.3 is 0 Å². The molecule has 7 nitrogen and oxygen atoms in total. The fourth-order valence-corrected chi connectivity index (χ4v) is 3.54. The summed E-state index contributed by atoms with van der Waals surface area (Å²) >= 11 is 7.07. The molecule has 10 heteroatoms. The number of amides is 2. The Morgan fingerprint density at radius 2 is 2.17 bits per heavy atom. The predicted octanol–water partition coefficient (Wildman–Crippen LogP) is 2.49. The summed E-state index contributed by atoms with van der Waals surface area (Å²) in [7, 11) is 0. The van der Waals surface area contributed by atoms with E-state index in [1.165, 1.54) is 23.5 Å². The molecule has 156 valence electrons. The zero-order chi connectivity index (χ0) is 20.8. The Hall–Kier alpha value is -2.23. The molecule has 1 aromatic carbocycles. The monoisotopic (exact) mass is 441 g/mol. The Kier molecular flexibility index (Phi) is 7.40. The SMILES string of the molecule is O=C(COc1ccc(Cl)c(F)c1)NCC(O)CCNC(=O)c1csc(C2CC2)n1. The Bertz CT molecular complexity index is 875. The molecule has 1 unspecified atom stereocenters. The van der Waals surface area contributed by atoms with Gasteiger partial charge in [-0.3, -0.25) is 9.59 Å². The summed E-state index contributed by atoms with van der Waals surface area (Å²) in [5.41, 5.74) is 0.399. The molecule has 2 aromatic rings. The molecule has 3 rings (SSSR count). The van der Waals surface area contributed by atoms with Crippen molar-refractivity contribution in [3.05, 3.63) is 45.1 Å². The molecule has 0 saturated heterocycles. The summed E-state index contributed by atoms with van der Waals surface area (Å²) in [4.78, 5) is 28.1. The van der Waals surface area contributed by atoms with Crippen LogP contribution in [0.15, 0.2) is 23.6 Å². The first kappa shape index (κ1) is 21.5. The number of rotatable bonds is 10. The van der Waals surface area contributed by atoms with Crippen molar-refractivity contribution in [1.82, 2.24) is 15.6 Å². The van der Waals surface area contributed by atoms with Crippen molar-refractivity contribution >= 4 is 34.8 Å². The van der Waals surface area contributed by atoms with Crippen LogP contribution in [0.1, 0.15) is 40.7 Å². The Labute approximate surface area is 176 Å². The highest BCUT2D eigenvalue weighted by Crippen LogP contribution is 2.41. The highest BCUT2D eigenvalue weighted by atomic mass is 35.5. The molecule has 29 heavy (non-hydrogen) atoms. The summed E-state index contributed by atoms with van der Waals surface area (Å²) in [6, 6.07) is 3.87. The zero-order valence-corrected chi connectivity index (χ0v) is 17.1. The number of ether oxygens (including phenoxy) is 1. The van der Waals surface area contributed by atoms with Crippen molar-refractivity contribution < 1.29 is 23.8 Å². The van der Waals surface area contributed by atoms with E-state index in [1.54, 1.807) is 5.38 Å². The van der Waals surface area contributed by atoms with E-state index in [9.17, 15) is 19.1 Å². The largest absolute Gasteiger partial charge is 0.484 e. The van der Waals surface area contributed by atoms with E-state index in [4.69, 9.17) is 16.3 Å². The number of aliphatic hydroxyl groups excluding tert-OH is 1. The van der Waals surface area contributed by atoms with E-state index < -0.39 is 17.8 Å². The molecular weight excluding hydrogens is 421 g/mol. The van der Waals surface area contributed by atoms with Gasteiger partial charge in [0.1, 0.15) is 17.3 Å². The van der Waals surface area contributed by atoms with Crippen LogP contribution in [0.2, 0.25) is 5.02 Å². The minimum absolute atomic E-state index is 0.00950. The van der Waals surface area contributed by atoms with Gasteiger partial charge < -0.3 is 20.5 Å². The lowest BCUT2D eigenvalue weighted by atomic mass is 10.2. The van der Waals surface area contributed by atoms with Crippen molar-refractivity contribution in [1.29, 1.82) is 0 Å². The molecule has 0 radical (unpaired) electrons. The van der Waals surface area contributed by atoms with Crippen LogP contribution >= 0.6 is 22.9 Å². The van der Waals surface area contributed by atoms with Crippen LogP contribution in [0.4, 0.5) is 4.39 Å². The van der Waals surface area contributed by atoms with Crippen molar-refractivity contribution in [2.24, 2.45) is 0 Å². The van der Waals surface area contributed by atoms with Gasteiger partial charge in [-0.25, -0.2) is 9.37 Å². The van der Waals surface area contributed by atoms with E-state index in [1.807, 2.05) is 0 Å². The molecule has 1 atom stereocenters. The smallest absolute Gasteiger partial charge is 0.270 e. The summed E-state index contributed by atoms with van der Waals surface area (Å²) in [6.07, 6.45) is 1.71. The number of carbonyl (C=O) groups excluding carboxylic acids is 2. The van der Waals surface area contributed by atoms with Crippen LogP contribution < -0.4 is 15.4 Å². The number of thiazole rings is 1. The molecule has 2 amide bonds. The van der Waals surface area contributed by atoms with Crippen molar-refractivity contribution in [2.75, 3.05) is 19.7 Å². The highest BCUT2D eigenvalue weighted by molar-refractivity contribution is 7.10. The normalized spacial score (nSPS) is 14.3. The minimum atomic E-state index is -0.829. The van der Waals surface area contributed by atoms with Crippen LogP contribution in [0.5, 0.6) is 5.75 Å². The van der Waals surface area contributed by atoms with Crippen LogP contribution in [0.25, 0.3) is 0 Å². The predicted molar refractivity (Wildman–Crippen MR) is 107 cm³/mol. The van der Waals surface area contributed by atoms with Gasteiger partial charge in [0, 0.05) is 30.5 Å². The number of benzene rings is 1. The molecule has 0 aliphatic heterocycles. The van der Waals surface area contributed by atoms with Gasteiger partial charge in [-0.05, 0) is 31.4 Å². The van der Waals surface area contributed by atoms with Gasteiger partial charge in [0.2, 0.25) is 0 Å². The molecule has 1 aliphatic carbocycles. The first-order valence-electron chi connectivity index (χ1n) is 9.18. The van der Waals surface area contributed by atoms with Crippen LogP contribution in [0.3, 0.4) is 0 Å². The number of halogens is 2. The number of aliphatic hydroxyl groups is 1. The van der Waals surface area contributed by atoms with E-state index >= 15 is 0 Å². The maximum absolute atomic E-state index is 13.3. The van der Waals surface area contributed by atoms with E-state index in [2.05, 4.69) is 15.6 Å². The summed E-state index contributed by atoms with van der Waals surface area (Å²) in [5, 5.41) is 17.9. The second kappa shape index (κ2) is 10.00. The number of nitrogens with one attached hydrogen (secondary N) is 2. The molecule has 0 spiro atoms. The van der Waals surface area contributed by atoms with Crippen LogP contribution in [-0.2, 0) is 4.79 Å². The number of nitrogens with zero attached hydrogens (tertiary/aromatic N) is 1. The van der Waals surface area contributed by atoms with Gasteiger partial charge in [-0.15, -0.1) is 11.3 Å². The van der Waals surface area contributed by atoms with Gasteiger partial charge in [-0.1, -0.05) is 11.6 Å². The molecule has 1 fully saturated rings. The maximum Gasteiger partial charge on any atom is 0.270 e. The molecule has 1 aliphatic rings. The molecule has 1 saturated carbocycles. The first-order chi connectivity index (χ1) is 13.9. The molecule has 0 bridgehead atoms. The average molecular weight is 442 g/mol. The summed E-state index contributed by atoms with van der Waals surface area (Å²) < 4.78 is 18.5. The number of carbonyl (C=O) groups is 2. The number of hydrogen-bond acceptors (Lipinski definition) is 6. The second-order valence-electron chi connectivity index (χ2n) is 6.71. The molecule has 1 aromatic heterocycles. The fourth-order valence-electron chi connectivity index (χ4n) is 2.45. The third-order valence-corrected chi connectivity index (χ3v) is 5.55. The fraction of sp³-hybridized carbons (Fsp3) is 0.421. The lowest BCUT2D eigenvalue weighted by Crippen LogP contribution is -2.37. The van der Waals surface area contributed by atoms with Gasteiger partial charge in [0.25, 0.3) is 11.8 Å². The molecule has 1 heterocycles. The van der Waals surface area contributed by atoms with Gasteiger partial charge in [-0.2, -0.15) is 0 Å². The minimum Gasteiger partial charge on any atom is -0.484 e. The van der Waals surface area contributed by atoms with Crippen molar-refractivity contribution in [2.45, 2.75) is 31.3 Å². The van der Waals surface area contributed by atoms with Gasteiger partial charge in [0.05, 0.1) is 16.1 Å². The lowest BCUT2D eigenvalue weighted by molar-refractivity contribution is -0.123. The third-order valence-electron chi connectivity index (χ3n) is 4.24. The van der Waals surface area contributed by atoms with E-state index in [0.717, 1.165) is 23.9 Å².